The third-order valence-electron chi connectivity index (χ3n) is 3.55. The summed E-state index contributed by atoms with van der Waals surface area (Å²) >= 11 is 0. The van der Waals surface area contributed by atoms with Gasteiger partial charge in [0.25, 0.3) is 5.91 Å². The first-order chi connectivity index (χ1) is 11.0. The van der Waals surface area contributed by atoms with Crippen LogP contribution >= 0.6 is 0 Å². The van der Waals surface area contributed by atoms with Crippen LogP contribution in [0.15, 0.2) is 40.8 Å². The standard InChI is InChI=1S/C17H16FN3O2/c1-10-7-13(11(2)23-10)9-19-17(22)16-8-15(20-21-16)12-3-5-14(18)6-4-12/h3-8H,9H2,1-2H3,(H,19,22)(H,20,21). The molecule has 0 aliphatic rings. The normalized spacial score (nSPS) is 10.7. The molecule has 0 bridgehead atoms. The van der Waals surface area contributed by atoms with E-state index in [2.05, 4.69) is 15.5 Å². The van der Waals surface area contributed by atoms with Crippen LogP contribution in [0, 0.1) is 19.7 Å². The van der Waals surface area contributed by atoms with Crippen LogP contribution in [-0.2, 0) is 6.54 Å². The average Bonchev–Trinajstić information content (AvgIpc) is 3.12. The Morgan fingerprint density at radius 1 is 1.26 bits per heavy atom. The summed E-state index contributed by atoms with van der Waals surface area (Å²) in [6.45, 7) is 4.10. The van der Waals surface area contributed by atoms with Crippen LogP contribution in [-0.4, -0.2) is 16.1 Å². The molecule has 5 nitrogen and oxygen atoms in total. The predicted molar refractivity (Wildman–Crippen MR) is 83.3 cm³/mol. The van der Waals surface area contributed by atoms with Crippen molar-refractivity contribution in [1.29, 1.82) is 0 Å². The first kappa shape index (κ1) is 15.0. The second kappa shape index (κ2) is 6.08. The Morgan fingerprint density at radius 3 is 2.65 bits per heavy atom. The molecular weight excluding hydrogens is 297 g/mol. The average molecular weight is 313 g/mol. The molecule has 0 fully saturated rings. The van der Waals surface area contributed by atoms with E-state index >= 15 is 0 Å². The summed E-state index contributed by atoms with van der Waals surface area (Å²) in [5.74, 6) is 1.03. The number of hydrogen-bond acceptors (Lipinski definition) is 3. The van der Waals surface area contributed by atoms with E-state index in [9.17, 15) is 9.18 Å². The van der Waals surface area contributed by atoms with Gasteiger partial charge in [0.2, 0.25) is 0 Å². The number of benzene rings is 1. The van der Waals surface area contributed by atoms with Gasteiger partial charge in [-0.3, -0.25) is 9.89 Å². The van der Waals surface area contributed by atoms with E-state index in [1.165, 1.54) is 12.1 Å². The molecule has 0 aliphatic carbocycles. The van der Waals surface area contributed by atoms with E-state index in [0.29, 0.717) is 17.9 Å². The van der Waals surface area contributed by atoms with Crippen molar-refractivity contribution in [3.8, 4) is 11.3 Å². The van der Waals surface area contributed by atoms with Crippen LogP contribution in [0.4, 0.5) is 4.39 Å². The maximum Gasteiger partial charge on any atom is 0.269 e. The van der Waals surface area contributed by atoms with Crippen molar-refractivity contribution < 1.29 is 13.6 Å². The maximum absolute atomic E-state index is 12.9. The van der Waals surface area contributed by atoms with Gasteiger partial charge in [-0.2, -0.15) is 5.10 Å². The molecule has 2 aromatic heterocycles. The van der Waals surface area contributed by atoms with Crippen LogP contribution < -0.4 is 5.32 Å². The molecule has 0 saturated heterocycles. The summed E-state index contributed by atoms with van der Waals surface area (Å²) < 4.78 is 18.4. The fourth-order valence-corrected chi connectivity index (χ4v) is 2.34. The summed E-state index contributed by atoms with van der Waals surface area (Å²) in [5.41, 5.74) is 2.62. The molecule has 6 heteroatoms. The largest absolute Gasteiger partial charge is 0.466 e. The van der Waals surface area contributed by atoms with Crippen LogP contribution in [0.1, 0.15) is 27.6 Å². The number of H-pyrrole nitrogens is 1. The molecule has 1 aromatic carbocycles. The minimum atomic E-state index is -0.312. The van der Waals surface area contributed by atoms with Crippen molar-refractivity contribution in [2.75, 3.05) is 0 Å². The third kappa shape index (κ3) is 3.31. The number of aryl methyl sites for hydroxylation is 2. The van der Waals surface area contributed by atoms with Crippen molar-refractivity contribution in [3.05, 3.63) is 65.0 Å². The van der Waals surface area contributed by atoms with Gasteiger partial charge in [-0.25, -0.2) is 4.39 Å². The second-order valence-corrected chi connectivity index (χ2v) is 5.29. The lowest BCUT2D eigenvalue weighted by atomic mass is 10.1. The number of carbonyl (C=O) groups excluding carboxylic acids is 1. The molecular formula is C17H16FN3O2. The van der Waals surface area contributed by atoms with Crippen LogP contribution in [0.25, 0.3) is 11.3 Å². The molecule has 3 rings (SSSR count). The lowest BCUT2D eigenvalue weighted by molar-refractivity contribution is 0.0946. The highest BCUT2D eigenvalue weighted by Crippen LogP contribution is 2.18. The summed E-state index contributed by atoms with van der Waals surface area (Å²) in [7, 11) is 0. The Labute approximate surface area is 132 Å². The molecule has 2 heterocycles. The number of aromatic amines is 1. The van der Waals surface area contributed by atoms with Gasteiger partial charge in [0.15, 0.2) is 0 Å². The van der Waals surface area contributed by atoms with Gasteiger partial charge < -0.3 is 9.73 Å². The molecule has 1 amide bonds. The minimum absolute atomic E-state index is 0.260. The highest BCUT2D eigenvalue weighted by Gasteiger charge is 2.12. The maximum atomic E-state index is 12.9. The summed E-state index contributed by atoms with van der Waals surface area (Å²) in [6.07, 6.45) is 0. The highest BCUT2D eigenvalue weighted by atomic mass is 19.1. The van der Waals surface area contributed by atoms with Gasteiger partial charge in [-0.05, 0) is 50.2 Å². The topological polar surface area (TPSA) is 70.9 Å². The zero-order chi connectivity index (χ0) is 16.4. The van der Waals surface area contributed by atoms with E-state index in [-0.39, 0.29) is 11.7 Å². The van der Waals surface area contributed by atoms with Crippen molar-refractivity contribution in [2.45, 2.75) is 20.4 Å². The SMILES string of the molecule is Cc1cc(CNC(=O)c2cc(-c3ccc(F)cc3)n[nH]2)c(C)o1. The van der Waals surface area contributed by atoms with E-state index in [1.807, 2.05) is 19.9 Å². The zero-order valence-electron chi connectivity index (χ0n) is 12.8. The Bertz CT molecular complexity index is 834. The lowest BCUT2D eigenvalue weighted by Gasteiger charge is -2.01. The number of amides is 1. The van der Waals surface area contributed by atoms with Gasteiger partial charge >= 0.3 is 0 Å². The number of nitrogens with zero attached hydrogens (tertiary/aromatic N) is 1. The van der Waals surface area contributed by atoms with E-state index in [1.54, 1.807) is 18.2 Å². The molecule has 0 spiro atoms. The Kier molecular flexibility index (Phi) is 3.97. The van der Waals surface area contributed by atoms with Gasteiger partial charge in [0.1, 0.15) is 23.0 Å². The number of furan rings is 1. The van der Waals surface area contributed by atoms with Crippen LogP contribution in [0.3, 0.4) is 0 Å². The third-order valence-corrected chi connectivity index (χ3v) is 3.55. The van der Waals surface area contributed by atoms with Crippen LogP contribution in [0.2, 0.25) is 0 Å². The molecule has 0 saturated carbocycles. The Balaban J connectivity index is 1.69. The lowest BCUT2D eigenvalue weighted by Crippen LogP contribution is -2.23. The molecule has 118 valence electrons. The smallest absolute Gasteiger partial charge is 0.269 e. The van der Waals surface area contributed by atoms with Crippen molar-refractivity contribution in [2.24, 2.45) is 0 Å². The first-order valence-corrected chi connectivity index (χ1v) is 7.18. The summed E-state index contributed by atoms with van der Waals surface area (Å²) in [5, 5.41) is 9.60. The number of halogens is 1. The van der Waals surface area contributed by atoms with Crippen molar-refractivity contribution in [1.82, 2.24) is 15.5 Å². The molecule has 3 aromatic rings. The monoisotopic (exact) mass is 313 g/mol. The molecule has 2 N–H and O–H groups in total. The number of hydrogen-bond donors (Lipinski definition) is 2. The fourth-order valence-electron chi connectivity index (χ4n) is 2.34. The van der Waals surface area contributed by atoms with E-state index in [4.69, 9.17) is 4.42 Å². The zero-order valence-corrected chi connectivity index (χ0v) is 12.8. The van der Waals surface area contributed by atoms with Gasteiger partial charge in [0, 0.05) is 17.7 Å². The molecule has 0 unspecified atom stereocenters. The fraction of sp³-hybridized carbons (Fsp3) is 0.176. The number of nitrogens with one attached hydrogen (secondary N) is 2. The Morgan fingerprint density at radius 2 is 2.00 bits per heavy atom. The van der Waals surface area contributed by atoms with E-state index in [0.717, 1.165) is 22.6 Å². The highest BCUT2D eigenvalue weighted by molar-refractivity contribution is 5.93. The molecule has 0 radical (unpaired) electrons. The van der Waals surface area contributed by atoms with Crippen molar-refractivity contribution >= 4 is 5.91 Å². The first-order valence-electron chi connectivity index (χ1n) is 7.18. The van der Waals surface area contributed by atoms with Crippen molar-refractivity contribution in [3.63, 3.8) is 0 Å². The number of rotatable bonds is 4. The molecule has 23 heavy (non-hydrogen) atoms. The summed E-state index contributed by atoms with van der Waals surface area (Å²) in [4.78, 5) is 12.2. The van der Waals surface area contributed by atoms with Gasteiger partial charge in [-0.1, -0.05) is 0 Å². The quantitative estimate of drug-likeness (QED) is 0.776. The Hall–Kier alpha value is -2.89. The number of aromatic nitrogens is 2. The summed E-state index contributed by atoms with van der Waals surface area (Å²) in [6, 6.07) is 9.47. The van der Waals surface area contributed by atoms with Gasteiger partial charge in [-0.15, -0.1) is 0 Å². The molecule has 0 aliphatic heterocycles. The van der Waals surface area contributed by atoms with Crippen LogP contribution in [0.5, 0.6) is 0 Å². The number of carbonyl (C=O) groups is 1. The predicted octanol–water partition coefficient (Wildman–Crippen LogP) is 3.36. The van der Waals surface area contributed by atoms with E-state index < -0.39 is 0 Å². The minimum Gasteiger partial charge on any atom is -0.466 e. The van der Waals surface area contributed by atoms with Gasteiger partial charge in [0.05, 0.1) is 5.69 Å². The second-order valence-electron chi connectivity index (χ2n) is 5.29. The molecule has 0 atom stereocenters.